The van der Waals surface area contributed by atoms with Crippen LogP contribution in [-0.2, 0) is 29.0 Å². The summed E-state index contributed by atoms with van der Waals surface area (Å²) in [5.74, 6) is 0.127. The molecule has 3 heterocycles. The molecule has 1 unspecified atom stereocenters. The highest BCUT2D eigenvalue weighted by Crippen LogP contribution is 2.30. The lowest BCUT2D eigenvalue weighted by atomic mass is 9.97. The SMILES string of the molecule is CCCCN1CCN(CCOc2ccc(CCc3cccc4c3CN(C3CCC(=O)NC3=O)C4=O)cc2)CC1. The number of aryl methyl sites for hydroxylation is 2. The molecular formula is C31H40N4O4. The summed E-state index contributed by atoms with van der Waals surface area (Å²) in [6.07, 6.45) is 4.85. The zero-order chi connectivity index (χ0) is 27.2. The molecule has 2 aromatic carbocycles. The van der Waals surface area contributed by atoms with Gasteiger partial charge in [0, 0.05) is 51.3 Å². The number of hydrogen-bond acceptors (Lipinski definition) is 6. The first-order chi connectivity index (χ1) is 19.0. The lowest BCUT2D eigenvalue weighted by Gasteiger charge is -2.34. The topological polar surface area (TPSA) is 82.2 Å². The van der Waals surface area contributed by atoms with Crippen LogP contribution in [0.15, 0.2) is 42.5 Å². The Bertz CT molecular complexity index is 1170. The summed E-state index contributed by atoms with van der Waals surface area (Å²) in [6.45, 7) is 10.1. The van der Waals surface area contributed by atoms with Crippen molar-refractivity contribution in [3.63, 3.8) is 0 Å². The molecule has 2 saturated heterocycles. The fourth-order valence-corrected chi connectivity index (χ4v) is 5.83. The second-order valence-electron chi connectivity index (χ2n) is 10.9. The number of carbonyl (C=O) groups is 3. The average Bonchev–Trinajstić information content (AvgIpc) is 3.28. The van der Waals surface area contributed by atoms with Gasteiger partial charge in [0.25, 0.3) is 5.91 Å². The van der Waals surface area contributed by atoms with Gasteiger partial charge in [0.1, 0.15) is 18.4 Å². The Hall–Kier alpha value is -3.23. The summed E-state index contributed by atoms with van der Waals surface area (Å²) in [7, 11) is 0. The average molecular weight is 533 g/mol. The Balaban J connectivity index is 1.09. The minimum Gasteiger partial charge on any atom is -0.492 e. The van der Waals surface area contributed by atoms with Gasteiger partial charge in [0.15, 0.2) is 0 Å². The first-order valence-electron chi connectivity index (χ1n) is 14.4. The minimum atomic E-state index is -0.585. The van der Waals surface area contributed by atoms with Crippen LogP contribution in [0, 0.1) is 0 Å². The fraction of sp³-hybridized carbons (Fsp3) is 0.516. The van der Waals surface area contributed by atoms with Gasteiger partial charge in [-0.3, -0.25) is 24.6 Å². The van der Waals surface area contributed by atoms with E-state index in [2.05, 4.69) is 40.2 Å². The molecule has 3 aliphatic heterocycles. The van der Waals surface area contributed by atoms with Crippen LogP contribution in [0.2, 0.25) is 0 Å². The molecule has 2 fully saturated rings. The third-order valence-corrected chi connectivity index (χ3v) is 8.25. The number of benzene rings is 2. The van der Waals surface area contributed by atoms with E-state index in [4.69, 9.17) is 4.74 Å². The lowest BCUT2D eigenvalue weighted by Crippen LogP contribution is -2.52. The molecule has 0 aromatic heterocycles. The number of piperazine rings is 1. The van der Waals surface area contributed by atoms with Crippen LogP contribution in [-0.4, -0.2) is 84.3 Å². The number of fused-ring (bicyclic) bond motifs is 1. The molecule has 208 valence electrons. The zero-order valence-electron chi connectivity index (χ0n) is 23.0. The smallest absolute Gasteiger partial charge is 0.255 e. The van der Waals surface area contributed by atoms with Crippen molar-refractivity contribution < 1.29 is 19.1 Å². The van der Waals surface area contributed by atoms with Gasteiger partial charge in [-0.15, -0.1) is 0 Å². The van der Waals surface area contributed by atoms with Gasteiger partial charge in [0.2, 0.25) is 11.8 Å². The molecule has 2 aromatic rings. The number of rotatable bonds is 11. The Morgan fingerprint density at radius 3 is 2.38 bits per heavy atom. The van der Waals surface area contributed by atoms with Gasteiger partial charge in [0.05, 0.1) is 0 Å². The summed E-state index contributed by atoms with van der Waals surface area (Å²) in [4.78, 5) is 43.6. The number of nitrogens with zero attached hydrogens (tertiary/aromatic N) is 3. The van der Waals surface area contributed by atoms with Crippen molar-refractivity contribution in [3.05, 3.63) is 64.7 Å². The van der Waals surface area contributed by atoms with Crippen molar-refractivity contribution in [2.45, 2.75) is 58.0 Å². The first kappa shape index (κ1) is 27.3. The van der Waals surface area contributed by atoms with Crippen molar-refractivity contribution in [1.29, 1.82) is 0 Å². The number of imide groups is 1. The van der Waals surface area contributed by atoms with Crippen LogP contribution in [0.3, 0.4) is 0 Å². The number of nitrogens with one attached hydrogen (secondary N) is 1. The van der Waals surface area contributed by atoms with Crippen LogP contribution >= 0.6 is 0 Å². The Labute approximate surface area is 231 Å². The van der Waals surface area contributed by atoms with E-state index >= 15 is 0 Å². The third kappa shape index (κ3) is 6.68. The van der Waals surface area contributed by atoms with E-state index in [1.165, 1.54) is 24.9 Å². The predicted octanol–water partition coefficient (Wildman–Crippen LogP) is 3.03. The molecule has 0 radical (unpaired) electrons. The number of ether oxygens (including phenoxy) is 1. The summed E-state index contributed by atoms with van der Waals surface area (Å²) in [6, 6.07) is 13.6. The maximum absolute atomic E-state index is 13.1. The number of hydrogen-bond donors (Lipinski definition) is 1. The van der Waals surface area contributed by atoms with E-state index in [0.717, 1.165) is 62.4 Å². The van der Waals surface area contributed by atoms with Gasteiger partial charge in [-0.25, -0.2) is 0 Å². The minimum absolute atomic E-state index is 0.124. The van der Waals surface area contributed by atoms with Gasteiger partial charge in [-0.05, 0) is 67.1 Å². The second kappa shape index (κ2) is 12.7. The molecule has 3 aliphatic rings. The summed E-state index contributed by atoms with van der Waals surface area (Å²) >= 11 is 0. The second-order valence-corrected chi connectivity index (χ2v) is 10.9. The highest BCUT2D eigenvalue weighted by Gasteiger charge is 2.39. The molecular weight excluding hydrogens is 492 g/mol. The molecule has 1 atom stereocenters. The van der Waals surface area contributed by atoms with Crippen molar-refractivity contribution in [3.8, 4) is 5.75 Å². The molecule has 39 heavy (non-hydrogen) atoms. The maximum atomic E-state index is 13.1. The summed E-state index contributed by atoms with van der Waals surface area (Å²) in [5.41, 5.74) is 4.02. The van der Waals surface area contributed by atoms with Crippen LogP contribution in [0.4, 0.5) is 0 Å². The first-order valence-corrected chi connectivity index (χ1v) is 14.4. The predicted molar refractivity (Wildman–Crippen MR) is 150 cm³/mol. The van der Waals surface area contributed by atoms with Crippen molar-refractivity contribution in [2.75, 3.05) is 45.9 Å². The van der Waals surface area contributed by atoms with Crippen LogP contribution in [0.1, 0.15) is 59.7 Å². The molecule has 0 saturated carbocycles. The van der Waals surface area contributed by atoms with Crippen LogP contribution in [0.25, 0.3) is 0 Å². The monoisotopic (exact) mass is 532 g/mol. The highest BCUT2D eigenvalue weighted by atomic mass is 16.5. The number of piperidine rings is 1. The molecule has 0 bridgehead atoms. The van der Waals surface area contributed by atoms with Crippen LogP contribution in [0.5, 0.6) is 5.75 Å². The molecule has 5 rings (SSSR count). The van der Waals surface area contributed by atoms with E-state index in [0.29, 0.717) is 25.1 Å². The molecule has 0 spiro atoms. The van der Waals surface area contributed by atoms with Gasteiger partial charge < -0.3 is 14.5 Å². The quantitative estimate of drug-likeness (QED) is 0.448. The highest BCUT2D eigenvalue weighted by molar-refractivity contribution is 6.05. The van der Waals surface area contributed by atoms with E-state index in [9.17, 15) is 14.4 Å². The van der Waals surface area contributed by atoms with Gasteiger partial charge in [-0.2, -0.15) is 0 Å². The zero-order valence-corrected chi connectivity index (χ0v) is 23.0. The normalized spacial score (nSPS) is 20.3. The lowest BCUT2D eigenvalue weighted by molar-refractivity contribution is -0.136. The fourth-order valence-electron chi connectivity index (χ4n) is 5.83. The molecule has 8 nitrogen and oxygen atoms in total. The van der Waals surface area contributed by atoms with Crippen molar-refractivity contribution in [2.24, 2.45) is 0 Å². The Morgan fingerprint density at radius 1 is 0.923 bits per heavy atom. The molecule has 0 aliphatic carbocycles. The van der Waals surface area contributed by atoms with Crippen molar-refractivity contribution in [1.82, 2.24) is 20.0 Å². The number of unbranched alkanes of at least 4 members (excludes halogenated alkanes) is 1. The number of amides is 3. The standard InChI is InChI=1S/C31H40N4O4/c1-2-3-15-33-16-18-34(19-17-33)20-21-39-25-11-8-23(9-12-25)7-10-24-5-4-6-26-27(24)22-35(31(26)38)28-13-14-29(36)32-30(28)37/h4-6,8-9,11-12,28H,2-3,7,10,13-22H2,1H3,(H,32,36,37). The van der Waals surface area contributed by atoms with Crippen LogP contribution < -0.4 is 10.1 Å². The maximum Gasteiger partial charge on any atom is 0.255 e. The largest absolute Gasteiger partial charge is 0.492 e. The van der Waals surface area contributed by atoms with Crippen molar-refractivity contribution >= 4 is 17.7 Å². The third-order valence-electron chi connectivity index (χ3n) is 8.25. The molecule has 3 amide bonds. The van der Waals surface area contributed by atoms with E-state index < -0.39 is 6.04 Å². The summed E-state index contributed by atoms with van der Waals surface area (Å²) in [5, 5.41) is 2.37. The molecule has 8 heteroatoms. The molecule has 1 N–H and O–H groups in total. The van der Waals surface area contributed by atoms with E-state index in [-0.39, 0.29) is 24.1 Å². The van der Waals surface area contributed by atoms with Gasteiger partial charge >= 0.3 is 0 Å². The van der Waals surface area contributed by atoms with E-state index in [1.54, 1.807) is 4.90 Å². The Morgan fingerprint density at radius 2 is 1.67 bits per heavy atom. The number of carbonyl (C=O) groups excluding carboxylic acids is 3. The van der Waals surface area contributed by atoms with E-state index in [1.807, 2.05) is 24.3 Å². The Kier molecular flexibility index (Phi) is 8.94. The van der Waals surface area contributed by atoms with Gasteiger partial charge in [-0.1, -0.05) is 37.6 Å². The summed E-state index contributed by atoms with van der Waals surface area (Å²) < 4.78 is 6.02.